The zero-order valence-electron chi connectivity index (χ0n) is 11.0. The number of rotatable bonds is 4. The summed E-state index contributed by atoms with van der Waals surface area (Å²) in [4.78, 5) is 12.0. The molecule has 0 aliphatic heterocycles. The third kappa shape index (κ3) is 2.85. The fourth-order valence-corrected chi connectivity index (χ4v) is 1.64. The van der Waals surface area contributed by atoms with Crippen LogP contribution in [0.25, 0.3) is 0 Å². The molecule has 1 aromatic heterocycles. The molecule has 0 spiro atoms. The van der Waals surface area contributed by atoms with Crippen molar-refractivity contribution in [3.05, 3.63) is 36.2 Å². The Bertz CT molecular complexity index is 593. The number of aromatic nitrogens is 2. The summed E-state index contributed by atoms with van der Waals surface area (Å²) in [6, 6.07) is 5.20. The van der Waals surface area contributed by atoms with E-state index in [0.29, 0.717) is 22.7 Å². The van der Waals surface area contributed by atoms with Crippen LogP contribution in [0.3, 0.4) is 0 Å². The van der Waals surface area contributed by atoms with Crippen molar-refractivity contribution in [3.8, 4) is 11.5 Å². The highest BCUT2D eigenvalue weighted by atomic mass is 16.5. The van der Waals surface area contributed by atoms with E-state index in [4.69, 9.17) is 9.47 Å². The zero-order chi connectivity index (χ0) is 13.8. The third-order valence-electron chi connectivity index (χ3n) is 2.62. The Hall–Kier alpha value is -2.50. The van der Waals surface area contributed by atoms with Crippen LogP contribution in [-0.4, -0.2) is 29.9 Å². The minimum absolute atomic E-state index is 0.250. The highest BCUT2D eigenvalue weighted by Gasteiger charge is 2.12. The average Bonchev–Trinajstić information content (AvgIpc) is 2.85. The number of hydrogen-bond acceptors (Lipinski definition) is 4. The fraction of sp³-hybridized carbons (Fsp3) is 0.231. The van der Waals surface area contributed by atoms with Crippen LogP contribution in [0.4, 0.5) is 5.69 Å². The molecule has 0 fully saturated rings. The summed E-state index contributed by atoms with van der Waals surface area (Å²) < 4.78 is 11.9. The number of hydrogen-bond donors (Lipinski definition) is 1. The van der Waals surface area contributed by atoms with E-state index in [1.165, 1.54) is 6.20 Å². The smallest absolute Gasteiger partial charge is 0.258 e. The molecule has 0 aliphatic carbocycles. The number of ether oxygens (including phenoxy) is 2. The molecule has 6 nitrogen and oxygen atoms in total. The van der Waals surface area contributed by atoms with Gasteiger partial charge in [0, 0.05) is 19.3 Å². The largest absolute Gasteiger partial charge is 0.497 e. The molecule has 2 rings (SSSR count). The minimum Gasteiger partial charge on any atom is -0.497 e. The van der Waals surface area contributed by atoms with Gasteiger partial charge in [-0.3, -0.25) is 9.48 Å². The maximum atomic E-state index is 12.0. The lowest BCUT2D eigenvalue weighted by atomic mass is 10.2. The number of amides is 1. The summed E-state index contributed by atoms with van der Waals surface area (Å²) >= 11 is 0. The van der Waals surface area contributed by atoms with Crippen molar-refractivity contribution in [2.75, 3.05) is 19.5 Å². The maximum Gasteiger partial charge on any atom is 0.258 e. The van der Waals surface area contributed by atoms with Crippen LogP contribution in [0.2, 0.25) is 0 Å². The predicted octanol–water partition coefficient (Wildman–Crippen LogP) is 1.69. The van der Waals surface area contributed by atoms with Gasteiger partial charge in [0.15, 0.2) is 0 Å². The Morgan fingerprint density at radius 2 is 2.11 bits per heavy atom. The second kappa shape index (κ2) is 5.43. The minimum atomic E-state index is -0.250. The first-order chi connectivity index (χ1) is 9.13. The van der Waals surface area contributed by atoms with Crippen LogP contribution in [0.15, 0.2) is 30.6 Å². The number of anilines is 1. The fourth-order valence-electron chi connectivity index (χ4n) is 1.64. The Labute approximate surface area is 110 Å². The highest BCUT2D eigenvalue weighted by molar-refractivity contribution is 6.04. The molecule has 0 unspecified atom stereocenters. The molecule has 100 valence electrons. The van der Waals surface area contributed by atoms with Crippen molar-refractivity contribution in [2.24, 2.45) is 7.05 Å². The van der Waals surface area contributed by atoms with E-state index in [-0.39, 0.29) is 5.91 Å². The van der Waals surface area contributed by atoms with Gasteiger partial charge in [-0.1, -0.05) is 0 Å². The van der Waals surface area contributed by atoms with Crippen LogP contribution >= 0.6 is 0 Å². The monoisotopic (exact) mass is 261 g/mol. The molecule has 1 amide bonds. The number of aryl methyl sites for hydroxylation is 1. The Morgan fingerprint density at radius 1 is 1.32 bits per heavy atom. The highest BCUT2D eigenvalue weighted by Crippen LogP contribution is 2.29. The van der Waals surface area contributed by atoms with Gasteiger partial charge in [-0.2, -0.15) is 5.10 Å². The third-order valence-corrected chi connectivity index (χ3v) is 2.62. The Balaban J connectivity index is 2.24. The topological polar surface area (TPSA) is 65.4 Å². The molecule has 1 aromatic carbocycles. The van der Waals surface area contributed by atoms with E-state index in [9.17, 15) is 4.79 Å². The van der Waals surface area contributed by atoms with Gasteiger partial charge in [-0.15, -0.1) is 0 Å². The summed E-state index contributed by atoms with van der Waals surface area (Å²) in [7, 11) is 4.86. The predicted molar refractivity (Wildman–Crippen MR) is 70.7 cm³/mol. The van der Waals surface area contributed by atoms with Crippen LogP contribution in [-0.2, 0) is 7.05 Å². The molecule has 0 saturated carbocycles. The van der Waals surface area contributed by atoms with Crippen molar-refractivity contribution in [1.29, 1.82) is 0 Å². The summed E-state index contributed by atoms with van der Waals surface area (Å²) in [6.45, 7) is 0. The van der Waals surface area contributed by atoms with Gasteiger partial charge >= 0.3 is 0 Å². The van der Waals surface area contributed by atoms with Crippen LogP contribution in [0.5, 0.6) is 11.5 Å². The summed E-state index contributed by atoms with van der Waals surface area (Å²) in [6.07, 6.45) is 3.14. The van der Waals surface area contributed by atoms with E-state index < -0.39 is 0 Å². The number of carbonyl (C=O) groups excluding carboxylic acids is 1. The van der Waals surface area contributed by atoms with E-state index >= 15 is 0 Å². The molecular formula is C13H15N3O3. The van der Waals surface area contributed by atoms with Gasteiger partial charge in [0.25, 0.3) is 5.91 Å². The SMILES string of the molecule is COc1ccc(OC)c(NC(=O)c2cnn(C)c2)c1. The summed E-state index contributed by atoms with van der Waals surface area (Å²) in [5, 5.41) is 6.72. The van der Waals surface area contributed by atoms with Gasteiger partial charge in [0.05, 0.1) is 31.7 Å². The molecule has 1 N–H and O–H groups in total. The lowest BCUT2D eigenvalue weighted by Crippen LogP contribution is -2.12. The standard InChI is InChI=1S/C13H15N3O3/c1-16-8-9(7-14-16)13(17)15-11-6-10(18-2)4-5-12(11)19-3/h4-8H,1-3H3,(H,15,17). The van der Waals surface area contributed by atoms with Gasteiger partial charge in [0.2, 0.25) is 0 Å². The van der Waals surface area contributed by atoms with Crippen molar-refractivity contribution in [3.63, 3.8) is 0 Å². The number of nitrogens with zero attached hydrogens (tertiary/aromatic N) is 2. The molecule has 6 heteroatoms. The van der Waals surface area contributed by atoms with E-state index in [1.807, 2.05) is 0 Å². The second-order valence-corrected chi connectivity index (χ2v) is 3.92. The van der Waals surface area contributed by atoms with Gasteiger partial charge in [0.1, 0.15) is 11.5 Å². The van der Waals surface area contributed by atoms with E-state index in [1.54, 1.807) is 50.3 Å². The van der Waals surface area contributed by atoms with Crippen molar-refractivity contribution >= 4 is 11.6 Å². The number of benzene rings is 1. The van der Waals surface area contributed by atoms with Gasteiger partial charge in [-0.05, 0) is 12.1 Å². The lowest BCUT2D eigenvalue weighted by molar-refractivity contribution is 0.102. The Kier molecular flexibility index (Phi) is 3.70. The molecule has 0 bridgehead atoms. The first-order valence-corrected chi connectivity index (χ1v) is 5.66. The van der Waals surface area contributed by atoms with Gasteiger partial charge < -0.3 is 14.8 Å². The first kappa shape index (κ1) is 12.9. The molecule has 19 heavy (non-hydrogen) atoms. The summed E-state index contributed by atoms with van der Waals surface area (Å²) in [5.74, 6) is 0.958. The van der Waals surface area contributed by atoms with Crippen LogP contribution in [0.1, 0.15) is 10.4 Å². The molecule has 0 radical (unpaired) electrons. The second-order valence-electron chi connectivity index (χ2n) is 3.92. The summed E-state index contributed by atoms with van der Waals surface area (Å²) in [5.41, 5.74) is 1.03. The molecule has 0 atom stereocenters. The van der Waals surface area contributed by atoms with Crippen molar-refractivity contribution < 1.29 is 14.3 Å². The number of methoxy groups -OCH3 is 2. The lowest BCUT2D eigenvalue weighted by Gasteiger charge is -2.11. The molecule has 1 heterocycles. The van der Waals surface area contributed by atoms with E-state index in [0.717, 1.165) is 0 Å². The number of carbonyl (C=O) groups is 1. The first-order valence-electron chi connectivity index (χ1n) is 5.66. The average molecular weight is 261 g/mol. The quantitative estimate of drug-likeness (QED) is 0.909. The molecule has 2 aromatic rings. The van der Waals surface area contributed by atoms with Crippen molar-refractivity contribution in [2.45, 2.75) is 0 Å². The maximum absolute atomic E-state index is 12.0. The number of nitrogens with one attached hydrogen (secondary N) is 1. The molecule has 0 aliphatic rings. The van der Waals surface area contributed by atoms with Crippen LogP contribution < -0.4 is 14.8 Å². The Morgan fingerprint density at radius 3 is 2.68 bits per heavy atom. The molecule has 0 saturated heterocycles. The van der Waals surface area contributed by atoms with Gasteiger partial charge in [-0.25, -0.2) is 0 Å². The van der Waals surface area contributed by atoms with E-state index in [2.05, 4.69) is 10.4 Å². The van der Waals surface area contributed by atoms with Crippen molar-refractivity contribution in [1.82, 2.24) is 9.78 Å². The zero-order valence-corrected chi connectivity index (χ0v) is 11.0. The normalized spacial score (nSPS) is 10.1. The van der Waals surface area contributed by atoms with Crippen LogP contribution in [0, 0.1) is 0 Å². The molecular weight excluding hydrogens is 246 g/mol.